The summed E-state index contributed by atoms with van der Waals surface area (Å²) >= 11 is 0. The Hall–Kier alpha value is -2.09. The van der Waals surface area contributed by atoms with Crippen molar-refractivity contribution < 1.29 is 4.74 Å². The predicted octanol–water partition coefficient (Wildman–Crippen LogP) is -0.661. The van der Waals surface area contributed by atoms with Crippen molar-refractivity contribution in [3.8, 4) is 6.01 Å². The van der Waals surface area contributed by atoms with Crippen LogP contribution >= 0.6 is 0 Å². The third kappa shape index (κ3) is 2.46. The van der Waals surface area contributed by atoms with Crippen LogP contribution < -0.4 is 21.3 Å². The molecule has 0 aromatic carbocycles. The molecule has 0 unspecified atom stereocenters. The zero-order valence-electron chi connectivity index (χ0n) is 12.2. The molecular formula is C13H19N5O3. The van der Waals surface area contributed by atoms with Gasteiger partial charge in [-0.05, 0) is 31.8 Å². The molecule has 3 heterocycles. The number of nitrogens with zero attached hydrogens (tertiary/aromatic N) is 3. The van der Waals surface area contributed by atoms with Gasteiger partial charge < -0.3 is 15.0 Å². The van der Waals surface area contributed by atoms with Gasteiger partial charge in [0.2, 0.25) is 0 Å². The van der Waals surface area contributed by atoms with Gasteiger partial charge in [-0.1, -0.05) is 0 Å². The van der Waals surface area contributed by atoms with Crippen molar-refractivity contribution in [3.05, 3.63) is 20.8 Å². The number of nitrogens with one attached hydrogen (secondary N) is 2. The highest BCUT2D eigenvalue weighted by Crippen LogP contribution is 2.15. The molecular weight excluding hydrogens is 274 g/mol. The van der Waals surface area contributed by atoms with E-state index < -0.39 is 11.2 Å². The van der Waals surface area contributed by atoms with E-state index in [1.54, 1.807) is 7.05 Å². The largest absolute Gasteiger partial charge is 0.464 e. The van der Waals surface area contributed by atoms with Crippen LogP contribution in [-0.2, 0) is 14.1 Å². The molecule has 1 aliphatic rings. The van der Waals surface area contributed by atoms with E-state index in [2.05, 4.69) is 15.3 Å². The normalized spacial score (nSPS) is 16.5. The molecule has 1 aliphatic heterocycles. The number of aromatic amines is 1. The number of ether oxygens (including phenoxy) is 1. The lowest BCUT2D eigenvalue weighted by atomic mass is 9.99. The van der Waals surface area contributed by atoms with Gasteiger partial charge in [0.15, 0.2) is 11.2 Å². The maximum atomic E-state index is 12.0. The average Bonchev–Trinajstić information content (AvgIpc) is 2.94. The summed E-state index contributed by atoms with van der Waals surface area (Å²) in [7, 11) is 3.03. The SMILES string of the molecule is Cn1c(=O)c2[nH]c(OCC3CCNCC3)nc2n(C)c1=O. The maximum Gasteiger partial charge on any atom is 0.332 e. The summed E-state index contributed by atoms with van der Waals surface area (Å²) in [6, 6.07) is 0.293. The van der Waals surface area contributed by atoms with Crippen LogP contribution in [-0.4, -0.2) is 38.8 Å². The Morgan fingerprint density at radius 1 is 1.24 bits per heavy atom. The van der Waals surface area contributed by atoms with E-state index in [1.807, 2.05) is 0 Å². The Balaban J connectivity index is 1.87. The van der Waals surface area contributed by atoms with Gasteiger partial charge >= 0.3 is 5.69 Å². The predicted molar refractivity (Wildman–Crippen MR) is 77.7 cm³/mol. The minimum absolute atomic E-state index is 0.292. The second-order valence-electron chi connectivity index (χ2n) is 5.45. The maximum absolute atomic E-state index is 12.0. The highest BCUT2D eigenvalue weighted by atomic mass is 16.5. The minimum atomic E-state index is -0.399. The number of aryl methyl sites for hydroxylation is 1. The number of imidazole rings is 1. The van der Waals surface area contributed by atoms with E-state index in [4.69, 9.17) is 4.74 Å². The zero-order chi connectivity index (χ0) is 15.0. The summed E-state index contributed by atoms with van der Waals surface area (Å²) in [5.41, 5.74) is -0.176. The van der Waals surface area contributed by atoms with Crippen molar-refractivity contribution in [1.29, 1.82) is 0 Å². The van der Waals surface area contributed by atoms with Gasteiger partial charge in [-0.3, -0.25) is 13.9 Å². The molecule has 0 bridgehead atoms. The standard InChI is InChI=1S/C13H19N5O3/c1-17-10-9(11(19)18(2)13(17)20)15-12(16-10)21-7-8-3-5-14-6-4-8/h8,14H,3-7H2,1-2H3,(H,15,16). The Morgan fingerprint density at radius 3 is 2.67 bits per heavy atom. The number of hydrogen-bond acceptors (Lipinski definition) is 5. The zero-order valence-corrected chi connectivity index (χ0v) is 12.2. The van der Waals surface area contributed by atoms with Crippen LogP contribution in [0.1, 0.15) is 12.8 Å². The molecule has 2 aromatic rings. The van der Waals surface area contributed by atoms with Crippen LogP contribution in [0.25, 0.3) is 11.2 Å². The molecule has 2 N–H and O–H groups in total. The number of fused-ring (bicyclic) bond motifs is 1. The minimum Gasteiger partial charge on any atom is -0.464 e. The fraction of sp³-hybridized carbons (Fsp3) is 0.615. The molecule has 1 fully saturated rings. The van der Waals surface area contributed by atoms with Crippen molar-refractivity contribution in [3.63, 3.8) is 0 Å². The van der Waals surface area contributed by atoms with Crippen LogP contribution in [0.2, 0.25) is 0 Å². The fourth-order valence-corrected chi connectivity index (χ4v) is 2.62. The highest BCUT2D eigenvalue weighted by Gasteiger charge is 2.17. The molecule has 8 nitrogen and oxygen atoms in total. The van der Waals surface area contributed by atoms with Crippen molar-refractivity contribution in [2.75, 3.05) is 19.7 Å². The van der Waals surface area contributed by atoms with Crippen molar-refractivity contribution >= 4 is 11.2 Å². The van der Waals surface area contributed by atoms with Crippen molar-refractivity contribution in [2.24, 2.45) is 20.0 Å². The summed E-state index contributed by atoms with van der Waals surface area (Å²) in [5.74, 6) is 0.492. The lowest BCUT2D eigenvalue weighted by molar-refractivity contribution is 0.204. The molecule has 0 spiro atoms. The van der Waals surface area contributed by atoms with Crippen LogP contribution in [0.3, 0.4) is 0 Å². The van der Waals surface area contributed by atoms with Crippen LogP contribution in [0.15, 0.2) is 9.59 Å². The van der Waals surface area contributed by atoms with Crippen molar-refractivity contribution in [1.82, 2.24) is 24.4 Å². The number of aromatic nitrogens is 4. The monoisotopic (exact) mass is 293 g/mol. The molecule has 0 saturated carbocycles. The Bertz CT molecular complexity index is 766. The van der Waals surface area contributed by atoms with Gasteiger partial charge in [-0.25, -0.2) is 4.79 Å². The average molecular weight is 293 g/mol. The van der Waals surface area contributed by atoms with Gasteiger partial charge in [0.1, 0.15) is 0 Å². The third-order valence-corrected chi connectivity index (χ3v) is 3.99. The van der Waals surface area contributed by atoms with E-state index in [0.29, 0.717) is 29.7 Å². The lowest BCUT2D eigenvalue weighted by Gasteiger charge is -2.21. The topological polar surface area (TPSA) is 93.9 Å². The van der Waals surface area contributed by atoms with E-state index in [9.17, 15) is 9.59 Å². The van der Waals surface area contributed by atoms with Gasteiger partial charge in [0, 0.05) is 14.1 Å². The van der Waals surface area contributed by atoms with Crippen molar-refractivity contribution in [2.45, 2.75) is 12.8 Å². The molecule has 0 aliphatic carbocycles. The van der Waals surface area contributed by atoms with Gasteiger partial charge in [0.25, 0.3) is 11.6 Å². The summed E-state index contributed by atoms with van der Waals surface area (Å²) in [5, 5.41) is 3.30. The lowest BCUT2D eigenvalue weighted by Crippen LogP contribution is -2.36. The summed E-state index contributed by atoms with van der Waals surface area (Å²) in [6.45, 7) is 2.57. The first kappa shape index (κ1) is 13.9. The van der Waals surface area contributed by atoms with Gasteiger partial charge in [-0.2, -0.15) is 4.98 Å². The van der Waals surface area contributed by atoms with Crippen LogP contribution in [0.4, 0.5) is 0 Å². The van der Waals surface area contributed by atoms with Crippen LogP contribution in [0.5, 0.6) is 6.01 Å². The molecule has 2 aromatic heterocycles. The summed E-state index contributed by atoms with van der Waals surface area (Å²) < 4.78 is 8.05. The first-order valence-corrected chi connectivity index (χ1v) is 7.07. The number of piperidine rings is 1. The molecule has 0 atom stereocenters. The Kier molecular flexibility index (Phi) is 3.54. The second kappa shape index (κ2) is 5.36. The molecule has 114 valence electrons. The van der Waals surface area contributed by atoms with E-state index >= 15 is 0 Å². The first-order chi connectivity index (χ1) is 10.1. The summed E-state index contributed by atoms with van der Waals surface area (Å²) in [6.07, 6.45) is 2.14. The molecule has 8 heteroatoms. The Morgan fingerprint density at radius 2 is 1.95 bits per heavy atom. The smallest absolute Gasteiger partial charge is 0.332 e. The number of H-pyrrole nitrogens is 1. The molecule has 3 rings (SSSR count). The van der Waals surface area contributed by atoms with Gasteiger partial charge in [0.05, 0.1) is 6.61 Å². The fourth-order valence-electron chi connectivity index (χ4n) is 2.62. The molecule has 21 heavy (non-hydrogen) atoms. The van der Waals surface area contributed by atoms with E-state index in [-0.39, 0.29) is 0 Å². The van der Waals surface area contributed by atoms with E-state index in [1.165, 1.54) is 11.6 Å². The first-order valence-electron chi connectivity index (χ1n) is 7.07. The quantitative estimate of drug-likeness (QED) is 0.783. The molecule has 0 amide bonds. The van der Waals surface area contributed by atoms with Gasteiger partial charge in [-0.15, -0.1) is 0 Å². The number of hydrogen-bond donors (Lipinski definition) is 2. The Labute approximate surface area is 120 Å². The highest BCUT2D eigenvalue weighted by molar-refractivity contribution is 5.70. The van der Waals surface area contributed by atoms with E-state index in [0.717, 1.165) is 30.5 Å². The number of rotatable bonds is 3. The second-order valence-corrected chi connectivity index (χ2v) is 5.45. The molecule has 0 radical (unpaired) electrons. The van der Waals surface area contributed by atoms with Crippen LogP contribution in [0, 0.1) is 5.92 Å². The molecule has 1 saturated heterocycles. The third-order valence-electron chi connectivity index (χ3n) is 3.99. The summed E-state index contributed by atoms with van der Waals surface area (Å²) in [4.78, 5) is 31.0.